The summed E-state index contributed by atoms with van der Waals surface area (Å²) in [5, 5.41) is 3.95. The predicted molar refractivity (Wildman–Crippen MR) is 113 cm³/mol. The highest BCUT2D eigenvalue weighted by Gasteiger charge is 2.34. The SMILES string of the molecule is Cc1nc(N2CCCC(F)(F)CC2)c(C(N)=O)c(-c2cnn(S(=O)(=O)CCN)c2)c1Cl. The van der Waals surface area contributed by atoms with Crippen LogP contribution in [0.15, 0.2) is 12.4 Å². The number of pyridine rings is 1. The zero-order chi connectivity index (χ0) is 23.0. The Morgan fingerprint density at radius 3 is 2.68 bits per heavy atom. The maximum atomic E-state index is 13.8. The summed E-state index contributed by atoms with van der Waals surface area (Å²) in [7, 11) is -3.79. The first-order chi connectivity index (χ1) is 14.5. The second kappa shape index (κ2) is 8.67. The predicted octanol–water partition coefficient (Wildman–Crippen LogP) is 1.77. The van der Waals surface area contributed by atoms with Crippen molar-refractivity contribution in [1.29, 1.82) is 0 Å². The van der Waals surface area contributed by atoms with E-state index in [0.717, 1.165) is 4.09 Å². The van der Waals surface area contributed by atoms with Crippen molar-refractivity contribution in [2.45, 2.75) is 32.1 Å². The van der Waals surface area contributed by atoms with E-state index in [2.05, 4.69) is 10.1 Å². The molecule has 3 heterocycles. The van der Waals surface area contributed by atoms with Gasteiger partial charge in [0.05, 0.1) is 34.4 Å². The van der Waals surface area contributed by atoms with Gasteiger partial charge in [-0.25, -0.2) is 22.2 Å². The third-order valence-corrected chi connectivity index (χ3v) is 7.04. The molecular formula is C18H23ClF2N6O3S. The van der Waals surface area contributed by atoms with Crippen LogP contribution in [-0.2, 0) is 10.0 Å². The molecule has 31 heavy (non-hydrogen) atoms. The number of hydrogen-bond acceptors (Lipinski definition) is 7. The van der Waals surface area contributed by atoms with Crippen LogP contribution in [0.25, 0.3) is 11.1 Å². The molecule has 0 saturated carbocycles. The number of hydrogen-bond donors (Lipinski definition) is 2. The molecule has 0 spiro atoms. The van der Waals surface area contributed by atoms with Gasteiger partial charge in [-0.05, 0) is 13.3 Å². The Balaban J connectivity index is 2.16. The number of carbonyl (C=O) groups excluding carboxylic acids is 1. The summed E-state index contributed by atoms with van der Waals surface area (Å²) in [6, 6.07) is 0. The Kier molecular flexibility index (Phi) is 6.53. The topological polar surface area (TPSA) is 137 Å². The van der Waals surface area contributed by atoms with Crippen LogP contribution < -0.4 is 16.4 Å². The van der Waals surface area contributed by atoms with Crippen molar-refractivity contribution in [3.05, 3.63) is 28.7 Å². The van der Waals surface area contributed by atoms with Gasteiger partial charge in [0.25, 0.3) is 15.9 Å². The Morgan fingerprint density at radius 2 is 2.03 bits per heavy atom. The number of carbonyl (C=O) groups is 1. The van der Waals surface area contributed by atoms with Gasteiger partial charge in [-0.1, -0.05) is 11.6 Å². The molecule has 2 aromatic rings. The molecule has 0 radical (unpaired) electrons. The molecule has 9 nitrogen and oxygen atoms in total. The quantitative estimate of drug-likeness (QED) is 0.648. The third kappa shape index (κ3) is 4.80. The lowest BCUT2D eigenvalue weighted by molar-refractivity contribution is -0.0102. The van der Waals surface area contributed by atoms with Gasteiger partial charge in [-0.3, -0.25) is 4.79 Å². The highest BCUT2D eigenvalue weighted by atomic mass is 35.5. The van der Waals surface area contributed by atoms with Crippen LogP contribution in [0.2, 0.25) is 5.02 Å². The van der Waals surface area contributed by atoms with Crippen molar-refractivity contribution in [2.24, 2.45) is 11.5 Å². The third-order valence-electron chi connectivity index (χ3n) is 5.06. The van der Waals surface area contributed by atoms with Crippen LogP contribution in [0, 0.1) is 6.92 Å². The lowest BCUT2D eigenvalue weighted by Crippen LogP contribution is -2.30. The monoisotopic (exact) mass is 476 g/mol. The lowest BCUT2D eigenvalue weighted by Gasteiger charge is -2.26. The van der Waals surface area contributed by atoms with Gasteiger partial charge in [-0.15, -0.1) is 0 Å². The normalized spacial score (nSPS) is 16.9. The maximum Gasteiger partial charge on any atom is 0.255 e. The zero-order valence-electron chi connectivity index (χ0n) is 16.8. The second-order valence-corrected chi connectivity index (χ2v) is 9.68. The highest BCUT2D eigenvalue weighted by Crippen LogP contribution is 2.39. The van der Waals surface area contributed by atoms with Crippen molar-refractivity contribution in [3.8, 4) is 11.1 Å². The Bertz CT molecular complexity index is 1110. The van der Waals surface area contributed by atoms with E-state index >= 15 is 0 Å². The van der Waals surface area contributed by atoms with Gasteiger partial charge in [0.1, 0.15) is 5.82 Å². The molecule has 1 saturated heterocycles. The molecule has 1 fully saturated rings. The van der Waals surface area contributed by atoms with E-state index in [9.17, 15) is 22.0 Å². The van der Waals surface area contributed by atoms with Crippen LogP contribution in [0.3, 0.4) is 0 Å². The number of rotatable bonds is 6. The first-order valence-electron chi connectivity index (χ1n) is 9.58. The smallest absolute Gasteiger partial charge is 0.255 e. The molecule has 1 aliphatic heterocycles. The molecule has 170 valence electrons. The summed E-state index contributed by atoms with van der Waals surface area (Å²) in [5.41, 5.74) is 11.6. The number of nitrogens with two attached hydrogens (primary N) is 2. The molecule has 3 rings (SSSR count). The minimum absolute atomic E-state index is 0.0229. The summed E-state index contributed by atoms with van der Waals surface area (Å²) in [4.78, 5) is 18.4. The number of amides is 1. The minimum Gasteiger partial charge on any atom is -0.365 e. The molecule has 1 aliphatic rings. The Morgan fingerprint density at radius 1 is 1.32 bits per heavy atom. The fourth-order valence-corrected chi connectivity index (χ4v) is 4.70. The average Bonchev–Trinajstić information content (AvgIpc) is 3.09. The van der Waals surface area contributed by atoms with Crippen molar-refractivity contribution < 1.29 is 22.0 Å². The van der Waals surface area contributed by atoms with Crippen LogP contribution in [0.1, 0.15) is 35.3 Å². The number of primary amides is 1. The first kappa shape index (κ1) is 23.4. The molecular weight excluding hydrogens is 454 g/mol. The van der Waals surface area contributed by atoms with Crippen LogP contribution >= 0.6 is 11.6 Å². The average molecular weight is 477 g/mol. The van der Waals surface area contributed by atoms with Gasteiger partial charge in [-0.2, -0.15) is 9.19 Å². The molecule has 2 aromatic heterocycles. The molecule has 1 amide bonds. The molecule has 0 unspecified atom stereocenters. The molecule has 0 aromatic carbocycles. The van der Waals surface area contributed by atoms with E-state index in [0.29, 0.717) is 5.69 Å². The van der Waals surface area contributed by atoms with E-state index < -0.39 is 21.9 Å². The fourth-order valence-electron chi connectivity index (χ4n) is 3.50. The lowest BCUT2D eigenvalue weighted by atomic mass is 10.0. The molecule has 0 aliphatic carbocycles. The van der Waals surface area contributed by atoms with Crippen molar-refractivity contribution in [1.82, 2.24) is 14.2 Å². The maximum absolute atomic E-state index is 13.8. The summed E-state index contributed by atoms with van der Waals surface area (Å²) >= 11 is 6.43. The first-order valence-corrected chi connectivity index (χ1v) is 11.6. The van der Waals surface area contributed by atoms with Crippen LogP contribution in [0.5, 0.6) is 0 Å². The summed E-state index contributed by atoms with van der Waals surface area (Å²) < 4.78 is 53.0. The minimum atomic E-state index is -3.79. The Labute approximate surface area is 183 Å². The standard InChI is InChI=1S/C18H23ClF2N6O3S/c1-11-15(19)13(12-9-24-27(10-12)31(29,30)8-5-22)14(16(23)28)17(25-11)26-6-2-3-18(20,21)4-7-26/h9-10H,2-8,22H2,1H3,(H2,23,28). The fraction of sp³-hybridized carbons (Fsp3) is 0.500. The summed E-state index contributed by atoms with van der Waals surface area (Å²) in [5.74, 6) is -3.86. The van der Waals surface area contributed by atoms with Crippen molar-refractivity contribution in [3.63, 3.8) is 0 Å². The zero-order valence-corrected chi connectivity index (χ0v) is 18.4. The van der Waals surface area contributed by atoms with Gasteiger partial charge >= 0.3 is 0 Å². The van der Waals surface area contributed by atoms with E-state index in [-0.39, 0.29) is 72.2 Å². The molecule has 4 N–H and O–H groups in total. The number of aromatic nitrogens is 3. The van der Waals surface area contributed by atoms with Crippen LogP contribution in [-0.4, -0.2) is 59.8 Å². The van der Waals surface area contributed by atoms with Gasteiger partial charge in [0.15, 0.2) is 0 Å². The summed E-state index contributed by atoms with van der Waals surface area (Å²) in [6.45, 7) is 1.74. The molecule has 0 bridgehead atoms. The number of aryl methyl sites for hydroxylation is 1. The van der Waals surface area contributed by atoms with Gasteiger partial charge in [0.2, 0.25) is 5.92 Å². The second-order valence-electron chi connectivity index (χ2n) is 7.35. The number of anilines is 1. The Hall–Kier alpha value is -2.31. The van der Waals surface area contributed by atoms with Crippen LogP contribution in [0.4, 0.5) is 14.6 Å². The van der Waals surface area contributed by atoms with E-state index in [1.807, 2.05) is 0 Å². The van der Waals surface area contributed by atoms with Gasteiger partial charge < -0.3 is 16.4 Å². The van der Waals surface area contributed by atoms with Gasteiger partial charge in [0, 0.05) is 43.6 Å². The largest absolute Gasteiger partial charge is 0.365 e. The van der Waals surface area contributed by atoms with Crippen molar-refractivity contribution in [2.75, 3.05) is 30.3 Å². The number of alkyl halides is 2. The molecule has 0 atom stereocenters. The highest BCUT2D eigenvalue weighted by molar-refractivity contribution is 7.89. The number of nitrogens with zero attached hydrogens (tertiary/aromatic N) is 4. The summed E-state index contributed by atoms with van der Waals surface area (Å²) in [6.07, 6.45) is 2.00. The van der Waals surface area contributed by atoms with Crippen molar-refractivity contribution >= 4 is 33.3 Å². The van der Waals surface area contributed by atoms with E-state index in [1.165, 1.54) is 12.4 Å². The number of halogens is 3. The van der Waals surface area contributed by atoms with E-state index in [4.69, 9.17) is 23.1 Å². The van der Waals surface area contributed by atoms with E-state index in [1.54, 1.807) is 11.8 Å². The molecule has 13 heteroatoms.